The lowest BCUT2D eigenvalue weighted by Crippen LogP contribution is -2.47. The van der Waals surface area contributed by atoms with E-state index in [1.807, 2.05) is 0 Å². The second-order valence-electron chi connectivity index (χ2n) is 5.12. The number of nitro groups is 1. The molecule has 0 aromatic heterocycles. The first-order chi connectivity index (χ1) is 10.7. The summed E-state index contributed by atoms with van der Waals surface area (Å²) in [6.07, 6.45) is 0.0832. The van der Waals surface area contributed by atoms with E-state index in [2.05, 4.69) is 0 Å². The molecule has 0 radical (unpaired) electrons. The normalized spacial score (nSPS) is 20.5. The molecule has 1 saturated heterocycles. The summed E-state index contributed by atoms with van der Waals surface area (Å²) >= 11 is 6.73. The number of nitrogens with two attached hydrogens (primary N) is 1. The first-order valence-corrected chi connectivity index (χ1v) is 7.96. The number of carbonyl (C=O) groups excluding carboxylic acids is 2. The molecule has 1 aliphatic heterocycles. The number of hydrogen-bond acceptors (Lipinski definition) is 6. The van der Waals surface area contributed by atoms with E-state index in [4.69, 9.17) is 17.3 Å². The Labute approximate surface area is 140 Å². The van der Waals surface area contributed by atoms with Crippen LogP contribution in [0.2, 0.25) is 5.02 Å². The summed E-state index contributed by atoms with van der Waals surface area (Å²) in [6, 6.07) is 4.20. The number of nitrogens with zero attached hydrogens (tertiary/aromatic N) is 2. The number of thioether (sulfide) groups is 1. The Hall–Kier alpha value is -1.84. The van der Waals surface area contributed by atoms with E-state index >= 15 is 0 Å². The zero-order chi connectivity index (χ0) is 17.2. The van der Waals surface area contributed by atoms with E-state index in [1.54, 1.807) is 0 Å². The van der Waals surface area contributed by atoms with Crippen molar-refractivity contribution in [2.75, 3.05) is 18.8 Å². The van der Waals surface area contributed by atoms with E-state index in [9.17, 15) is 24.8 Å². The first-order valence-electron chi connectivity index (χ1n) is 6.60. The van der Waals surface area contributed by atoms with Crippen LogP contribution in [-0.4, -0.2) is 51.2 Å². The molecule has 23 heavy (non-hydrogen) atoms. The maximum absolute atomic E-state index is 12.1. The number of carbonyl (C=O) groups is 2. The van der Waals surface area contributed by atoms with Gasteiger partial charge in [0, 0.05) is 24.1 Å². The smallest absolute Gasteiger partial charge is 0.284 e. The Morgan fingerprint density at radius 3 is 2.78 bits per heavy atom. The van der Waals surface area contributed by atoms with Gasteiger partial charge in [-0.25, -0.2) is 0 Å². The van der Waals surface area contributed by atoms with Crippen LogP contribution in [0.15, 0.2) is 23.1 Å². The van der Waals surface area contributed by atoms with Crippen molar-refractivity contribution < 1.29 is 19.6 Å². The molecule has 1 atom stereocenters. The van der Waals surface area contributed by atoms with Gasteiger partial charge in [-0.15, -0.1) is 11.8 Å². The molecule has 1 aromatic rings. The van der Waals surface area contributed by atoms with Gasteiger partial charge in [-0.3, -0.25) is 19.7 Å². The number of amides is 2. The van der Waals surface area contributed by atoms with Gasteiger partial charge in [-0.2, -0.15) is 0 Å². The highest BCUT2D eigenvalue weighted by Crippen LogP contribution is 2.32. The molecule has 8 nitrogen and oxygen atoms in total. The van der Waals surface area contributed by atoms with Crippen LogP contribution in [-0.2, 0) is 9.59 Å². The van der Waals surface area contributed by atoms with Gasteiger partial charge in [0.15, 0.2) is 5.60 Å². The lowest BCUT2D eigenvalue weighted by molar-refractivity contribution is -0.387. The van der Waals surface area contributed by atoms with Crippen molar-refractivity contribution in [3.05, 3.63) is 33.3 Å². The Bertz CT molecular complexity index is 671. The standard InChI is InChI=1S/C13H14ClN3O5S/c14-8-1-2-10(9(5-8)17(21)22)23-6-11(18)16-4-3-13(20,7-16)12(15)19/h1-2,5,20H,3-4,6-7H2,(H2,15,19). The SMILES string of the molecule is NC(=O)C1(O)CCN(C(=O)CSc2ccc(Cl)cc2[N+](=O)[O-])C1. The highest BCUT2D eigenvalue weighted by Gasteiger charge is 2.42. The number of primary amides is 1. The minimum absolute atomic E-state index is 0.0582. The summed E-state index contributed by atoms with van der Waals surface area (Å²) in [7, 11) is 0. The Balaban J connectivity index is 2.01. The van der Waals surface area contributed by atoms with Crippen LogP contribution in [0.5, 0.6) is 0 Å². The van der Waals surface area contributed by atoms with E-state index in [-0.39, 0.29) is 41.9 Å². The lowest BCUT2D eigenvalue weighted by atomic mass is 10.0. The number of nitro benzene ring substituents is 1. The van der Waals surface area contributed by atoms with Gasteiger partial charge < -0.3 is 15.7 Å². The maximum atomic E-state index is 12.1. The molecule has 10 heteroatoms. The molecule has 1 heterocycles. The fourth-order valence-electron chi connectivity index (χ4n) is 2.19. The Kier molecular flexibility index (Phi) is 5.12. The number of aliphatic hydroxyl groups is 1. The van der Waals surface area contributed by atoms with E-state index in [1.165, 1.54) is 23.1 Å². The molecule has 2 rings (SSSR count). The van der Waals surface area contributed by atoms with Crippen molar-refractivity contribution in [1.82, 2.24) is 4.90 Å². The molecule has 0 bridgehead atoms. The fourth-order valence-corrected chi connectivity index (χ4v) is 3.27. The van der Waals surface area contributed by atoms with E-state index in [0.29, 0.717) is 4.90 Å². The summed E-state index contributed by atoms with van der Waals surface area (Å²) < 4.78 is 0. The molecule has 1 aliphatic rings. The molecule has 1 fully saturated rings. The van der Waals surface area contributed by atoms with Crippen LogP contribution < -0.4 is 5.73 Å². The minimum Gasteiger partial charge on any atom is -0.378 e. The molecular formula is C13H14ClN3O5S. The predicted octanol–water partition coefficient (Wildman–Crippen LogP) is 0.789. The number of halogens is 1. The molecule has 0 aliphatic carbocycles. The second-order valence-corrected chi connectivity index (χ2v) is 6.57. The van der Waals surface area contributed by atoms with Crippen LogP contribution in [0, 0.1) is 10.1 Å². The number of rotatable bonds is 5. The van der Waals surface area contributed by atoms with Crippen molar-refractivity contribution >= 4 is 40.9 Å². The van der Waals surface area contributed by atoms with Crippen molar-refractivity contribution in [3.8, 4) is 0 Å². The van der Waals surface area contributed by atoms with Crippen LogP contribution in [0.3, 0.4) is 0 Å². The molecule has 124 valence electrons. The molecule has 1 aromatic carbocycles. The summed E-state index contributed by atoms with van der Waals surface area (Å²) in [5.74, 6) is -1.26. The first kappa shape index (κ1) is 17.5. The van der Waals surface area contributed by atoms with Crippen LogP contribution in [0.25, 0.3) is 0 Å². The van der Waals surface area contributed by atoms with Gasteiger partial charge in [0.2, 0.25) is 5.91 Å². The number of benzene rings is 1. The van der Waals surface area contributed by atoms with E-state index in [0.717, 1.165) is 11.8 Å². The molecule has 3 N–H and O–H groups in total. The summed E-state index contributed by atoms with van der Waals surface area (Å²) in [6.45, 7) is 0.0476. The Morgan fingerprint density at radius 2 is 2.22 bits per heavy atom. The number of likely N-dealkylation sites (tertiary alicyclic amines) is 1. The van der Waals surface area contributed by atoms with Crippen molar-refractivity contribution in [2.45, 2.75) is 16.9 Å². The van der Waals surface area contributed by atoms with Crippen molar-refractivity contribution in [2.24, 2.45) is 5.73 Å². The highest BCUT2D eigenvalue weighted by molar-refractivity contribution is 8.00. The fraction of sp³-hybridized carbons (Fsp3) is 0.385. The van der Waals surface area contributed by atoms with Crippen LogP contribution in [0.4, 0.5) is 5.69 Å². The average Bonchev–Trinajstić information content (AvgIpc) is 2.89. The van der Waals surface area contributed by atoms with Crippen molar-refractivity contribution in [1.29, 1.82) is 0 Å². The monoisotopic (exact) mass is 359 g/mol. The molecule has 0 spiro atoms. The number of β-amino-alcohol motifs (C(OH)–C–C–N with tert-alkyl or cyclic N) is 1. The predicted molar refractivity (Wildman–Crippen MR) is 84.2 cm³/mol. The summed E-state index contributed by atoms with van der Waals surface area (Å²) in [4.78, 5) is 35.3. The third-order valence-corrected chi connectivity index (χ3v) is 4.81. The van der Waals surface area contributed by atoms with Crippen LogP contribution in [0.1, 0.15) is 6.42 Å². The molecule has 1 unspecified atom stereocenters. The molecule has 0 saturated carbocycles. The van der Waals surface area contributed by atoms with Gasteiger partial charge in [-0.1, -0.05) is 11.6 Å². The summed E-state index contributed by atoms with van der Waals surface area (Å²) in [5.41, 5.74) is 3.23. The molecule has 2 amide bonds. The quantitative estimate of drug-likeness (QED) is 0.454. The minimum atomic E-state index is -1.70. The van der Waals surface area contributed by atoms with Gasteiger partial charge in [0.05, 0.1) is 22.1 Å². The largest absolute Gasteiger partial charge is 0.378 e. The van der Waals surface area contributed by atoms with Gasteiger partial charge in [0.1, 0.15) is 0 Å². The van der Waals surface area contributed by atoms with Crippen LogP contribution >= 0.6 is 23.4 Å². The van der Waals surface area contributed by atoms with E-state index < -0.39 is 16.4 Å². The third kappa shape index (κ3) is 3.92. The summed E-state index contributed by atoms with van der Waals surface area (Å²) in [5, 5.41) is 21.2. The van der Waals surface area contributed by atoms with Gasteiger partial charge in [-0.05, 0) is 12.1 Å². The Morgan fingerprint density at radius 1 is 1.52 bits per heavy atom. The topological polar surface area (TPSA) is 127 Å². The van der Waals surface area contributed by atoms with Crippen molar-refractivity contribution in [3.63, 3.8) is 0 Å². The van der Waals surface area contributed by atoms with Gasteiger partial charge in [0.25, 0.3) is 11.6 Å². The molecular weight excluding hydrogens is 346 g/mol. The third-order valence-electron chi connectivity index (χ3n) is 3.53. The highest BCUT2D eigenvalue weighted by atomic mass is 35.5. The zero-order valence-electron chi connectivity index (χ0n) is 11.9. The van der Waals surface area contributed by atoms with Gasteiger partial charge >= 0.3 is 0 Å². The second kappa shape index (κ2) is 6.73. The lowest BCUT2D eigenvalue weighted by Gasteiger charge is -2.19. The maximum Gasteiger partial charge on any atom is 0.284 e. The number of hydrogen-bond donors (Lipinski definition) is 2. The zero-order valence-corrected chi connectivity index (χ0v) is 13.5. The average molecular weight is 360 g/mol.